The maximum Gasteiger partial charge on any atom is 0.254 e. The smallest absolute Gasteiger partial charge is 0.254 e. The molecule has 3 N–H and O–H groups in total. The predicted octanol–water partition coefficient (Wildman–Crippen LogP) is 3.03. The first-order valence-electron chi connectivity index (χ1n) is 6.45. The molecule has 120 valence electrons. The normalized spacial score (nSPS) is 15.9. The summed E-state index contributed by atoms with van der Waals surface area (Å²) in [5.74, 6) is -3.57. The van der Waals surface area contributed by atoms with Gasteiger partial charge in [0.25, 0.3) is 5.91 Å². The molecule has 3 rings (SSSR count). The molecule has 1 aromatic heterocycles. The molecule has 0 bridgehead atoms. The van der Waals surface area contributed by atoms with Gasteiger partial charge in [0.05, 0.1) is 10.7 Å². The highest BCUT2D eigenvalue weighted by Gasteiger charge is 2.25. The minimum atomic E-state index is -1.19. The largest absolute Gasteiger partial charge is 0.487 e. The van der Waals surface area contributed by atoms with E-state index in [1.165, 1.54) is 18.0 Å². The first-order valence-corrected chi connectivity index (χ1v) is 7.71. The van der Waals surface area contributed by atoms with Crippen LogP contribution in [0.3, 0.4) is 0 Å². The number of rotatable bonds is 4. The molecule has 9 heteroatoms. The summed E-state index contributed by atoms with van der Waals surface area (Å²) in [5.41, 5.74) is 4.91. The van der Waals surface area contributed by atoms with E-state index in [1.54, 1.807) is 6.07 Å². The lowest BCUT2D eigenvalue weighted by Crippen LogP contribution is -2.21. The second kappa shape index (κ2) is 6.21. The van der Waals surface area contributed by atoms with Gasteiger partial charge in [-0.3, -0.25) is 4.79 Å². The van der Waals surface area contributed by atoms with Crippen LogP contribution in [0.2, 0.25) is 5.02 Å². The molecular weight excluding hydrogens is 348 g/mol. The van der Waals surface area contributed by atoms with Crippen LogP contribution in [0.1, 0.15) is 10.4 Å². The van der Waals surface area contributed by atoms with E-state index in [4.69, 9.17) is 22.1 Å². The third-order valence-electron chi connectivity index (χ3n) is 3.08. The van der Waals surface area contributed by atoms with Gasteiger partial charge in [-0.05, 0) is 18.2 Å². The van der Waals surface area contributed by atoms with Crippen LogP contribution in [0, 0.1) is 11.6 Å². The zero-order valence-corrected chi connectivity index (χ0v) is 13.0. The molecule has 0 fully saturated rings. The van der Waals surface area contributed by atoms with E-state index in [0.717, 1.165) is 22.8 Å². The molecule has 1 amide bonds. The number of amides is 1. The van der Waals surface area contributed by atoms with Gasteiger partial charge >= 0.3 is 0 Å². The molecule has 1 aliphatic rings. The lowest BCUT2D eigenvalue weighted by Gasteiger charge is -2.13. The minimum absolute atomic E-state index is 0.0688. The Morgan fingerprint density at radius 3 is 3.00 bits per heavy atom. The maximum absolute atomic E-state index is 14.1. The van der Waals surface area contributed by atoms with Gasteiger partial charge in [0.15, 0.2) is 11.6 Å². The molecule has 1 aliphatic heterocycles. The van der Waals surface area contributed by atoms with Crippen LogP contribution >= 0.6 is 23.4 Å². The van der Waals surface area contributed by atoms with E-state index in [1.807, 2.05) is 0 Å². The van der Waals surface area contributed by atoms with Crippen molar-refractivity contribution in [2.24, 2.45) is 5.73 Å². The van der Waals surface area contributed by atoms with Crippen molar-refractivity contribution in [3.8, 4) is 5.75 Å². The summed E-state index contributed by atoms with van der Waals surface area (Å²) >= 11 is 7.24. The molecule has 1 atom stereocenters. The van der Waals surface area contributed by atoms with Gasteiger partial charge in [-0.15, -0.1) is 0 Å². The van der Waals surface area contributed by atoms with Gasteiger partial charge in [0.2, 0.25) is 0 Å². The van der Waals surface area contributed by atoms with E-state index in [9.17, 15) is 13.6 Å². The molecule has 0 aliphatic carbocycles. The number of halogens is 3. The number of carbonyl (C=O) groups excluding carboxylic acids is 1. The van der Waals surface area contributed by atoms with E-state index in [2.05, 4.69) is 10.3 Å². The Balaban J connectivity index is 1.71. The topological polar surface area (TPSA) is 77.2 Å². The van der Waals surface area contributed by atoms with Gasteiger partial charge < -0.3 is 15.8 Å². The molecule has 2 heterocycles. The predicted molar refractivity (Wildman–Crippen MR) is 82.9 cm³/mol. The molecule has 0 saturated heterocycles. The number of thioether (sulfide) groups is 1. The third-order valence-corrected chi connectivity index (χ3v) is 4.37. The van der Waals surface area contributed by atoms with Crippen molar-refractivity contribution in [2.45, 2.75) is 10.4 Å². The van der Waals surface area contributed by atoms with E-state index in [0.29, 0.717) is 5.02 Å². The lowest BCUT2D eigenvalue weighted by molar-refractivity contribution is 0.0991. The van der Waals surface area contributed by atoms with Crippen molar-refractivity contribution in [3.05, 3.63) is 46.6 Å². The number of hydrogen-bond acceptors (Lipinski definition) is 5. The minimum Gasteiger partial charge on any atom is -0.487 e. The number of carbonyl (C=O) groups is 1. The summed E-state index contributed by atoms with van der Waals surface area (Å²) < 4.78 is 32.8. The maximum atomic E-state index is 14.1. The third kappa shape index (κ3) is 3.18. The molecule has 1 aromatic carbocycles. The van der Waals surface area contributed by atoms with Crippen LogP contribution < -0.4 is 15.8 Å². The fourth-order valence-corrected chi connectivity index (χ4v) is 3.18. The average Bonchev–Trinajstić information content (AvgIpc) is 2.88. The van der Waals surface area contributed by atoms with Crippen molar-refractivity contribution < 1.29 is 18.3 Å². The zero-order valence-electron chi connectivity index (χ0n) is 11.5. The lowest BCUT2D eigenvalue weighted by atomic mass is 10.1. The van der Waals surface area contributed by atoms with Crippen molar-refractivity contribution >= 4 is 35.0 Å². The van der Waals surface area contributed by atoms with Crippen LogP contribution in [0.15, 0.2) is 29.4 Å². The van der Waals surface area contributed by atoms with Gasteiger partial charge in [-0.1, -0.05) is 23.4 Å². The van der Waals surface area contributed by atoms with Crippen LogP contribution in [0.25, 0.3) is 0 Å². The Morgan fingerprint density at radius 1 is 1.48 bits per heavy atom. The molecule has 0 spiro atoms. The Morgan fingerprint density at radius 2 is 2.26 bits per heavy atom. The first-order chi connectivity index (χ1) is 11.0. The monoisotopic (exact) mass is 357 g/mol. The summed E-state index contributed by atoms with van der Waals surface area (Å²) in [5, 5.41) is 4.14. The number of anilines is 1. The Labute approximate surface area is 139 Å². The Kier molecular flexibility index (Phi) is 4.27. The zero-order chi connectivity index (χ0) is 16.6. The fourth-order valence-electron chi connectivity index (χ4n) is 2.07. The number of nitrogens with one attached hydrogen (secondary N) is 1. The number of aromatic nitrogens is 1. The molecule has 1 unspecified atom stereocenters. The van der Waals surface area contributed by atoms with Gasteiger partial charge in [0, 0.05) is 6.20 Å². The van der Waals surface area contributed by atoms with E-state index in [-0.39, 0.29) is 17.7 Å². The highest BCUT2D eigenvalue weighted by Crippen LogP contribution is 2.38. The number of benzene rings is 1. The summed E-state index contributed by atoms with van der Waals surface area (Å²) in [6, 6.07) is 3.77. The first kappa shape index (κ1) is 15.8. The molecule has 0 radical (unpaired) electrons. The van der Waals surface area contributed by atoms with Crippen molar-refractivity contribution in [1.82, 2.24) is 4.98 Å². The Hall–Kier alpha value is -2.06. The number of pyridine rings is 1. The fraction of sp³-hybridized carbons (Fsp3) is 0.143. The summed E-state index contributed by atoms with van der Waals surface area (Å²) in [6.45, 7) is 0.0688. The molecular formula is C14H10ClF2N3O2S. The molecule has 23 heavy (non-hydrogen) atoms. The number of fused-ring (bicyclic) bond motifs is 1. The Bertz CT molecular complexity index is 791. The van der Waals surface area contributed by atoms with Crippen LogP contribution in [-0.4, -0.2) is 22.9 Å². The van der Waals surface area contributed by atoms with E-state index < -0.39 is 23.1 Å². The second-order valence-corrected chi connectivity index (χ2v) is 6.29. The number of nitrogens with two attached hydrogens (primary N) is 1. The number of nitrogens with zero attached hydrogens (tertiary/aromatic N) is 1. The van der Waals surface area contributed by atoms with Crippen LogP contribution in [0.5, 0.6) is 5.75 Å². The summed E-state index contributed by atoms with van der Waals surface area (Å²) in [7, 11) is 0. The summed E-state index contributed by atoms with van der Waals surface area (Å²) in [6.07, 6.45) is 1.52. The highest BCUT2D eigenvalue weighted by molar-refractivity contribution is 8.00. The van der Waals surface area contributed by atoms with Gasteiger partial charge in [-0.2, -0.15) is 0 Å². The van der Waals surface area contributed by atoms with Crippen LogP contribution in [-0.2, 0) is 0 Å². The molecule has 5 nitrogen and oxygen atoms in total. The highest BCUT2D eigenvalue weighted by atomic mass is 35.5. The molecule has 2 aromatic rings. The quantitative estimate of drug-likeness (QED) is 0.879. The van der Waals surface area contributed by atoms with Crippen molar-refractivity contribution in [1.29, 1.82) is 0 Å². The number of ether oxygens (including phenoxy) is 1. The average molecular weight is 358 g/mol. The van der Waals surface area contributed by atoms with E-state index >= 15 is 0 Å². The van der Waals surface area contributed by atoms with Crippen molar-refractivity contribution in [2.75, 3.05) is 11.9 Å². The SMILES string of the molecule is NC(=O)c1c(F)ccc(OCC2Nc3cc(Cl)cnc3S2)c1F. The van der Waals surface area contributed by atoms with Crippen molar-refractivity contribution in [3.63, 3.8) is 0 Å². The summed E-state index contributed by atoms with van der Waals surface area (Å²) in [4.78, 5) is 15.2. The van der Waals surface area contributed by atoms with Crippen LogP contribution in [0.4, 0.5) is 14.5 Å². The number of primary amides is 1. The van der Waals surface area contributed by atoms with Gasteiger partial charge in [0.1, 0.15) is 28.4 Å². The standard InChI is InChI=1S/C14H10ClF2N3O2S/c15-6-3-8-14(19-4-6)23-10(20-8)5-22-9-2-1-7(16)11(12(9)17)13(18)21/h1-4,10,20H,5H2,(H2,18,21). The second-order valence-electron chi connectivity index (χ2n) is 4.67. The molecule has 0 saturated carbocycles. The van der Waals surface area contributed by atoms with Gasteiger partial charge in [-0.25, -0.2) is 13.8 Å². The number of hydrogen-bond donors (Lipinski definition) is 2.